The molecule has 1 aliphatic rings. The highest BCUT2D eigenvalue weighted by molar-refractivity contribution is 14.0. The number of hydrogen-bond donors (Lipinski definition) is 1. The number of rotatable bonds is 6. The van der Waals surface area contributed by atoms with Gasteiger partial charge in [-0.2, -0.15) is 0 Å². The number of hydrogen-bond acceptors (Lipinski definition) is 2. The zero-order valence-corrected chi connectivity index (χ0v) is 19.2. The molecule has 0 aromatic carbocycles. The van der Waals surface area contributed by atoms with Crippen LogP contribution in [0.15, 0.2) is 21.7 Å². The highest BCUT2D eigenvalue weighted by Gasteiger charge is 2.19. The van der Waals surface area contributed by atoms with E-state index in [0.29, 0.717) is 0 Å². The Hall–Kier alpha value is -0.280. The molecule has 1 heterocycles. The van der Waals surface area contributed by atoms with Gasteiger partial charge in [0.25, 0.3) is 0 Å². The summed E-state index contributed by atoms with van der Waals surface area (Å²) >= 11 is 3.53. The summed E-state index contributed by atoms with van der Waals surface area (Å²) in [5, 5.41) is 3.48. The Bertz CT molecular complexity index is 525. The Kier molecular flexibility index (Phi) is 9.66. The maximum Gasteiger partial charge on any atom is 0.193 e. The van der Waals surface area contributed by atoms with Crippen molar-refractivity contribution in [1.29, 1.82) is 0 Å². The maximum absolute atomic E-state index is 4.41. The van der Waals surface area contributed by atoms with E-state index in [9.17, 15) is 0 Å². The summed E-state index contributed by atoms with van der Waals surface area (Å²) in [6.07, 6.45) is 7.56. The molecule has 138 valence electrons. The fourth-order valence-corrected chi connectivity index (χ4v) is 3.87. The van der Waals surface area contributed by atoms with Crippen molar-refractivity contribution in [2.45, 2.75) is 38.3 Å². The van der Waals surface area contributed by atoms with Gasteiger partial charge in [-0.15, -0.1) is 24.0 Å². The smallest absolute Gasteiger partial charge is 0.193 e. The van der Waals surface area contributed by atoms with Gasteiger partial charge >= 0.3 is 0 Å². The summed E-state index contributed by atoms with van der Waals surface area (Å²) in [5.74, 6) is 0.946. The first-order valence-corrected chi connectivity index (χ1v) is 9.23. The zero-order valence-electron chi connectivity index (χ0n) is 15.3. The van der Waals surface area contributed by atoms with Crippen molar-refractivity contribution in [2.24, 2.45) is 12.0 Å². The van der Waals surface area contributed by atoms with Crippen LogP contribution in [0.4, 0.5) is 0 Å². The van der Waals surface area contributed by atoms with Crippen LogP contribution >= 0.6 is 39.9 Å². The third-order valence-electron chi connectivity index (χ3n) is 4.74. The second kappa shape index (κ2) is 10.7. The molecule has 7 heteroatoms. The molecule has 24 heavy (non-hydrogen) atoms. The van der Waals surface area contributed by atoms with Crippen molar-refractivity contribution in [1.82, 2.24) is 19.7 Å². The molecular weight excluding hydrogens is 481 g/mol. The van der Waals surface area contributed by atoms with Crippen molar-refractivity contribution in [3.63, 3.8) is 0 Å². The Morgan fingerprint density at radius 1 is 1.38 bits per heavy atom. The predicted octanol–water partition coefficient (Wildman–Crippen LogP) is 3.29. The first-order chi connectivity index (χ1) is 11.0. The topological polar surface area (TPSA) is 35.8 Å². The van der Waals surface area contributed by atoms with Gasteiger partial charge in [-0.1, -0.05) is 12.8 Å². The lowest BCUT2D eigenvalue weighted by atomic mass is 10.2. The molecule has 1 fully saturated rings. The average Bonchev–Trinajstić information content (AvgIpc) is 3.14. The molecule has 1 aromatic rings. The van der Waals surface area contributed by atoms with Crippen LogP contribution in [0.3, 0.4) is 0 Å². The maximum atomic E-state index is 4.41. The average molecular weight is 512 g/mol. The lowest BCUT2D eigenvalue weighted by molar-refractivity contribution is 0.248. The van der Waals surface area contributed by atoms with E-state index in [-0.39, 0.29) is 24.0 Å². The number of nitrogens with one attached hydrogen (secondary N) is 1. The standard InChI is InChI=1S/C17H30BrN5.HI/c1-19-17(20-9-10-21(2)15-7-5-6-8-15)23(4)13-16-11-14(18)12-22(16)3;/h11-12,15H,5-10,13H2,1-4H3,(H,19,20);1H. The van der Waals surface area contributed by atoms with Gasteiger partial charge in [0.1, 0.15) is 0 Å². The van der Waals surface area contributed by atoms with Gasteiger partial charge in [0.05, 0.1) is 6.54 Å². The quantitative estimate of drug-likeness (QED) is 0.361. The summed E-state index contributed by atoms with van der Waals surface area (Å²) in [7, 11) is 8.24. The molecule has 1 aliphatic carbocycles. The predicted molar refractivity (Wildman–Crippen MR) is 116 cm³/mol. The van der Waals surface area contributed by atoms with Crippen LogP contribution < -0.4 is 5.32 Å². The molecule has 0 radical (unpaired) electrons. The van der Waals surface area contributed by atoms with Crippen molar-refractivity contribution in [2.75, 3.05) is 34.2 Å². The van der Waals surface area contributed by atoms with Gasteiger partial charge in [0, 0.05) is 56.6 Å². The second-order valence-electron chi connectivity index (χ2n) is 6.51. The number of likely N-dealkylation sites (N-methyl/N-ethyl adjacent to an activating group) is 1. The van der Waals surface area contributed by atoms with Crippen LogP contribution in [0.2, 0.25) is 0 Å². The SMILES string of the molecule is CN=C(NCCN(C)C1CCCC1)N(C)Cc1cc(Br)cn1C.I. The third kappa shape index (κ3) is 6.22. The number of nitrogens with zero attached hydrogens (tertiary/aromatic N) is 4. The van der Waals surface area contributed by atoms with E-state index in [0.717, 1.165) is 36.1 Å². The molecular formula is C17H31BrIN5. The minimum absolute atomic E-state index is 0. The first-order valence-electron chi connectivity index (χ1n) is 8.44. The molecule has 0 aliphatic heterocycles. The van der Waals surface area contributed by atoms with Crippen molar-refractivity contribution < 1.29 is 0 Å². The molecule has 0 saturated heterocycles. The summed E-state index contributed by atoms with van der Waals surface area (Å²) in [6, 6.07) is 2.93. The monoisotopic (exact) mass is 511 g/mol. The van der Waals surface area contributed by atoms with Crippen LogP contribution in [-0.4, -0.2) is 60.6 Å². The van der Waals surface area contributed by atoms with E-state index in [1.165, 1.54) is 31.4 Å². The molecule has 1 aromatic heterocycles. The van der Waals surface area contributed by atoms with Crippen LogP contribution in [-0.2, 0) is 13.6 Å². The minimum Gasteiger partial charge on any atom is -0.355 e. The fraction of sp³-hybridized carbons (Fsp3) is 0.706. The number of aromatic nitrogens is 1. The highest BCUT2D eigenvalue weighted by atomic mass is 127. The molecule has 0 spiro atoms. The molecule has 2 rings (SSSR count). The highest BCUT2D eigenvalue weighted by Crippen LogP contribution is 2.21. The van der Waals surface area contributed by atoms with Crippen LogP contribution in [0.1, 0.15) is 31.4 Å². The summed E-state index contributed by atoms with van der Waals surface area (Å²) in [5.41, 5.74) is 1.25. The van der Waals surface area contributed by atoms with E-state index >= 15 is 0 Å². The lowest BCUT2D eigenvalue weighted by Gasteiger charge is -2.26. The third-order valence-corrected chi connectivity index (χ3v) is 5.18. The zero-order chi connectivity index (χ0) is 16.8. The number of guanidine groups is 1. The minimum atomic E-state index is 0. The van der Waals surface area contributed by atoms with Crippen LogP contribution in [0.25, 0.3) is 0 Å². The van der Waals surface area contributed by atoms with Crippen molar-refractivity contribution in [3.8, 4) is 0 Å². The summed E-state index contributed by atoms with van der Waals surface area (Å²) < 4.78 is 3.26. The molecule has 0 unspecified atom stereocenters. The lowest BCUT2D eigenvalue weighted by Crippen LogP contribution is -2.43. The number of aliphatic imine (C=N–C) groups is 1. The number of aryl methyl sites for hydroxylation is 1. The molecule has 1 N–H and O–H groups in total. The first kappa shape index (κ1) is 21.8. The largest absolute Gasteiger partial charge is 0.355 e. The Morgan fingerprint density at radius 2 is 2.04 bits per heavy atom. The molecule has 0 amide bonds. The molecule has 1 saturated carbocycles. The fourth-order valence-electron chi connectivity index (χ4n) is 3.30. The van der Waals surface area contributed by atoms with Gasteiger partial charge in [-0.05, 0) is 41.9 Å². The van der Waals surface area contributed by atoms with E-state index in [1.54, 1.807) is 0 Å². The van der Waals surface area contributed by atoms with E-state index in [2.05, 4.69) is 74.0 Å². The van der Waals surface area contributed by atoms with Gasteiger partial charge in [-0.3, -0.25) is 4.99 Å². The van der Waals surface area contributed by atoms with Crippen molar-refractivity contribution in [3.05, 3.63) is 22.4 Å². The molecule has 5 nitrogen and oxygen atoms in total. The van der Waals surface area contributed by atoms with Crippen LogP contribution in [0.5, 0.6) is 0 Å². The number of halogens is 2. The summed E-state index contributed by atoms with van der Waals surface area (Å²) in [6.45, 7) is 2.83. The molecule has 0 atom stereocenters. The summed E-state index contributed by atoms with van der Waals surface area (Å²) in [4.78, 5) is 9.06. The Labute approximate surface area is 172 Å². The van der Waals surface area contributed by atoms with E-state index < -0.39 is 0 Å². The van der Waals surface area contributed by atoms with Crippen LogP contribution in [0, 0.1) is 0 Å². The normalized spacial score (nSPS) is 15.7. The Morgan fingerprint density at radius 3 is 2.58 bits per heavy atom. The van der Waals surface area contributed by atoms with Crippen molar-refractivity contribution >= 4 is 45.9 Å². The van der Waals surface area contributed by atoms with E-state index in [1.807, 2.05) is 7.05 Å². The van der Waals surface area contributed by atoms with E-state index in [4.69, 9.17) is 0 Å². The second-order valence-corrected chi connectivity index (χ2v) is 7.43. The Balaban J connectivity index is 0.00000288. The molecule has 0 bridgehead atoms. The van der Waals surface area contributed by atoms with Gasteiger partial charge in [0.2, 0.25) is 0 Å². The van der Waals surface area contributed by atoms with Gasteiger partial charge in [0.15, 0.2) is 5.96 Å². The van der Waals surface area contributed by atoms with Gasteiger partial charge in [-0.25, -0.2) is 0 Å². The van der Waals surface area contributed by atoms with Gasteiger partial charge < -0.3 is 19.7 Å².